The largest absolute Gasteiger partial charge is 0.313 e. The summed E-state index contributed by atoms with van der Waals surface area (Å²) >= 11 is 2.04. The van der Waals surface area contributed by atoms with E-state index in [0.717, 1.165) is 17.2 Å². The second kappa shape index (κ2) is 3.84. The molecule has 80 valence electrons. The molecule has 3 atom stereocenters. The first-order valence-electron chi connectivity index (χ1n) is 5.81. The van der Waals surface area contributed by atoms with E-state index < -0.39 is 0 Å². The Kier molecular flexibility index (Phi) is 2.49. The summed E-state index contributed by atoms with van der Waals surface area (Å²) in [6.07, 6.45) is 2.62. The lowest BCUT2D eigenvalue weighted by atomic mass is 10.1. The molecule has 1 aliphatic carbocycles. The maximum Gasteiger partial charge on any atom is 0.0260 e. The summed E-state index contributed by atoms with van der Waals surface area (Å²) in [5, 5.41) is 4.42. The van der Waals surface area contributed by atoms with Gasteiger partial charge in [-0.3, -0.25) is 0 Å². The molecule has 0 amide bonds. The topological polar surface area (TPSA) is 12.0 Å². The predicted molar refractivity (Wildman–Crippen MR) is 65.4 cm³/mol. The lowest BCUT2D eigenvalue weighted by Crippen LogP contribution is -2.27. The maximum absolute atomic E-state index is 3.66. The molecule has 1 heterocycles. The Morgan fingerprint density at radius 2 is 2.20 bits per heavy atom. The monoisotopic (exact) mass is 219 g/mol. The first-order valence-corrected chi connectivity index (χ1v) is 6.69. The molecular weight excluding hydrogens is 202 g/mol. The van der Waals surface area contributed by atoms with Crippen LogP contribution >= 0.6 is 11.8 Å². The van der Waals surface area contributed by atoms with E-state index in [1.54, 1.807) is 0 Å². The molecule has 0 saturated heterocycles. The van der Waals surface area contributed by atoms with Crippen LogP contribution in [0.4, 0.5) is 0 Å². The third kappa shape index (κ3) is 2.06. The van der Waals surface area contributed by atoms with Crippen LogP contribution in [0.3, 0.4) is 0 Å². The highest BCUT2D eigenvalue weighted by Gasteiger charge is 2.33. The zero-order valence-electron chi connectivity index (χ0n) is 9.07. The second-order valence-electron chi connectivity index (χ2n) is 4.78. The minimum atomic E-state index is 0.759. The fourth-order valence-corrected chi connectivity index (χ4v) is 3.52. The van der Waals surface area contributed by atoms with E-state index in [-0.39, 0.29) is 0 Å². The maximum atomic E-state index is 3.66. The van der Waals surface area contributed by atoms with Crippen LogP contribution < -0.4 is 5.32 Å². The standard InChI is InChI=1S/C13H17NS/c1-9-6-12(9)14-8-11-7-10-4-2-3-5-13(10)15-11/h2-5,9,11-12,14H,6-8H2,1H3. The number of benzene rings is 1. The van der Waals surface area contributed by atoms with Gasteiger partial charge in [0.2, 0.25) is 0 Å². The zero-order chi connectivity index (χ0) is 10.3. The van der Waals surface area contributed by atoms with Crippen molar-refractivity contribution >= 4 is 11.8 Å². The summed E-state index contributed by atoms with van der Waals surface area (Å²) in [7, 11) is 0. The summed E-state index contributed by atoms with van der Waals surface area (Å²) in [5.41, 5.74) is 1.54. The van der Waals surface area contributed by atoms with Crippen molar-refractivity contribution in [1.82, 2.24) is 5.32 Å². The van der Waals surface area contributed by atoms with Gasteiger partial charge >= 0.3 is 0 Å². The number of fused-ring (bicyclic) bond motifs is 1. The third-order valence-electron chi connectivity index (χ3n) is 3.43. The van der Waals surface area contributed by atoms with Crippen LogP contribution in [0, 0.1) is 5.92 Å². The van der Waals surface area contributed by atoms with Crippen LogP contribution in [0.15, 0.2) is 29.2 Å². The highest BCUT2D eigenvalue weighted by molar-refractivity contribution is 8.00. The van der Waals surface area contributed by atoms with E-state index in [0.29, 0.717) is 0 Å². The van der Waals surface area contributed by atoms with E-state index in [2.05, 4.69) is 36.5 Å². The molecule has 1 saturated carbocycles. The van der Waals surface area contributed by atoms with Gasteiger partial charge in [0.05, 0.1) is 0 Å². The van der Waals surface area contributed by atoms with Gasteiger partial charge in [0.15, 0.2) is 0 Å². The van der Waals surface area contributed by atoms with Crippen LogP contribution in [-0.2, 0) is 6.42 Å². The summed E-state index contributed by atoms with van der Waals surface area (Å²) in [6.45, 7) is 3.50. The fraction of sp³-hybridized carbons (Fsp3) is 0.538. The minimum absolute atomic E-state index is 0.759. The zero-order valence-corrected chi connectivity index (χ0v) is 9.89. The molecule has 0 aromatic heterocycles. The van der Waals surface area contributed by atoms with Crippen molar-refractivity contribution in [2.24, 2.45) is 5.92 Å². The van der Waals surface area contributed by atoms with Gasteiger partial charge in [0.25, 0.3) is 0 Å². The van der Waals surface area contributed by atoms with Crippen LogP contribution in [0.25, 0.3) is 0 Å². The molecule has 3 rings (SSSR count). The molecule has 1 N–H and O–H groups in total. The van der Waals surface area contributed by atoms with Gasteiger partial charge in [-0.15, -0.1) is 11.8 Å². The highest BCUT2D eigenvalue weighted by atomic mass is 32.2. The Morgan fingerprint density at radius 1 is 1.40 bits per heavy atom. The number of nitrogens with one attached hydrogen (secondary N) is 1. The van der Waals surface area contributed by atoms with Crippen molar-refractivity contribution in [3.05, 3.63) is 29.8 Å². The predicted octanol–water partition coefficient (Wildman–Crippen LogP) is 2.70. The van der Waals surface area contributed by atoms with Gasteiger partial charge in [0.1, 0.15) is 0 Å². The van der Waals surface area contributed by atoms with Crippen molar-refractivity contribution < 1.29 is 0 Å². The molecule has 1 aliphatic heterocycles. The molecule has 1 nitrogen and oxygen atoms in total. The molecule has 1 aromatic rings. The van der Waals surface area contributed by atoms with Gasteiger partial charge in [-0.05, 0) is 30.4 Å². The Morgan fingerprint density at radius 3 is 2.93 bits per heavy atom. The molecule has 1 fully saturated rings. The summed E-state index contributed by atoms with van der Waals surface area (Å²) in [6, 6.07) is 9.62. The Hall–Kier alpha value is -0.470. The second-order valence-corrected chi connectivity index (χ2v) is 6.12. The van der Waals surface area contributed by atoms with Gasteiger partial charge in [0, 0.05) is 22.7 Å². The normalized spacial score (nSPS) is 32.7. The Bertz CT molecular complexity index is 338. The average Bonchev–Trinajstić information content (AvgIpc) is 2.79. The van der Waals surface area contributed by atoms with E-state index in [1.165, 1.54) is 29.8 Å². The van der Waals surface area contributed by atoms with Crippen LogP contribution in [0.1, 0.15) is 18.9 Å². The quantitative estimate of drug-likeness (QED) is 0.839. The Labute approximate surface area is 95.6 Å². The molecule has 0 spiro atoms. The van der Waals surface area contributed by atoms with E-state index >= 15 is 0 Å². The Balaban J connectivity index is 1.55. The van der Waals surface area contributed by atoms with Gasteiger partial charge in [-0.25, -0.2) is 0 Å². The number of rotatable bonds is 3. The van der Waals surface area contributed by atoms with Crippen molar-refractivity contribution in [1.29, 1.82) is 0 Å². The van der Waals surface area contributed by atoms with Crippen molar-refractivity contribution in [3.8, 4) is 0 Å². The molecule has 0 bridgehead atoms. The number of thioether (sulfide) groups is 1. The average molecular weight is 219 g/mol. The van der Waals surface area contributed by atoms with E-state index in [4.69, 9.17) is 0 Å². The third-order valence-corrected chi connectivity index (χ3v) is 4.75. The van der Waals surface area contributed by atoms with Gasteiger partial charge in [-0.1, -0.05) is 25.1 Å². The lowest BCUT2D eigenvalue weighted by molar-refractivity contribution is 0.634. The number of hydrogen-bond acceptors (Lipinski definition) is 2. The van der Waals surface area contributed by atoms with Crippen molar-refractivity contribution in [2.75, 3.05) is 6.54 Å². The molecule has 3 unspecified atom stereocenters. The number of hydrogen-bond donors (Lipinski definition) is 1. The summed E-state index contributed by atoms with van der Waals surface area (Å²) in [5.74, 6) is 0.916. The smallest absolute Gasteiger partial charge is 0.0260 e. The first-order chi connectivity index (χ1) is 7.33. The molecular formula is C13H17NS. The molecule has 1 aromatic carbocycles. The molecule has 15 heavy (non-hydrogen) atoms. The molecule has 0 radical (unpaired) electrons. The van der Waals surface area contributed by atoms with Crippen LogP contribution in [0.2, 0.25) is 0 Å². The highest BCUT2D eigenvalue weighted by Crippen LogP contribution is 2.37. The molecule has 2 heteroatoms. The van der Waals surface area contributed by atoms with Gasteiger partial charge < -0.3 is 5.32 Å². The SMILES string of the molecule is CC1CC1NCC1Cc2ccccc2S1. The first kappa shape index (κ1) is 9.73. The summed E-state index contributed by atoms with van der Waals surface area (Å²) < 4.78 is 0. The fourth-order valence-electron chi connectivity index (χ4n) is 2.26. The summed E-state index contributed by atoms with van der Waals surface area (Å²) in [4.78, 5) is 1.49. The lowest BCUT2D eigenvalue weighted by Gasteiger charge is -2.09. The van der Waals surface area contributed by atoms with E-state index in [1.807, 2.05) is 11.8 Å². The van der Waals surface area contributed by atoms with Crippen LogP contribution in [0.5, 0.6) is 0 Å². The minimum Gasteiger partial charge on any atom is -0.313 e. The van der Waals surface area contributed by atoms with Crippen LogP contribution in [-0.4, -0.2) is 17.8 Å². The molecule has 2 aliphatic rings. The van der Waals surface area contributed by atoms with Crippen molar-refractivity contribution in [3.63, 3.8) is 0 Å². The van der Waals surface area contributed by atoms with Crippen molar-refractivity contribution in [2.45, 2.75) is 36.0 Å². The van der Waals surface area contributed by atoms with E-state index in [9.17, 15) is 0 Å². The van der Waals surface area contributed by atoms with Gasteiger partial charge in [-0.2, -0.15) is 0 Å².